The molecule has 0 unspecified atom stereocenters. The molecule has 4 heteroatoms. The predicted molar refractivity (Wildman–Crippen MR) is 43.5 cm³/mol. The number of nitrogens with zero attached hydrogens (tertiary/aromatic N) is 3. The van der Waals surface area contributed by atoms with Crippen molar-refractivity contribution in [3.63, 3.8) is 0 Å². The third kappa shape index (κ3) is 0.886. The van der Waals surface area contributed by atoms with Gasteiger partial charge in [-0.25, -0.2) is 9.97 Å². The maximum atomic E-state index is 5.85. The quantitative estimate of drug-likeness (QED) is 0.597. The second-order valence-electron chi connectivity index (χ2n) is 2.32. The minimum absolute atomic E-state index is 0.649. The van der Waals surface area contributed by atoms with Gasteiger partial charge in [0.15, 0.2) is 5.65 Å². The predicted octanol–water partition coefficient (Wildman–Crippen LogP) is 1.62. The van der Waals surface area contributed by atoms with E-state index < -0.39 is 0 Å². The van der Waals surface area contributed by atoms with Crippen LogP contribution in [-0.2, 0) is 7.05 Å². The zero-order chi connectivity index (χ0) is 7.84. The standard InChI is InChI=1S/C7H6ClN3/c1-11-4-10-6-5(8)2-3-9-7(6)11/h2-4H,1H3. The van der Waals surface area contributed by atoms with Gasteiger partial charge in [0, 0.05) is 13.2 Å². The molecule has 56 valence electrons. The summed E-state index contributed by atoms with van der Waals surface area (Å²) >= 11 is 5.85. The molecule has 0 spiro atoms. The Hall–Kier alpha value is -1.09. The molecule has 2 aromatic heterocycles. The topological polar surface area (TPSA) is 30.7 Å². The van der Waals surface area contributed by atoms with Crippen molar-refractivity contribution in [2.24, 2.45) is 7.05 Å². The number of aromatic nitrogens is 3. The Morgan fingerprint density at radius 1 is 1.45 bits per heavy atom. The van der Waals surface area contributed by atoms with Crippen molar-refractivity contribution in [1.82, 2.24) is 14.5 Å². The van der Waals surface area contributed by atoms with E-state index in [1.165, 1.54) is 0 Å². The van der Waals surface area contributed by atoms with Gasteiger partial charge in [-0.05, 0) is 6.07 Å². The average molecular weight is 168 g/mol. The first-order chi connectivity index (χ1) is 5.29. The maximum Gasteiger partial charge on any atom is 0.161 e. The molecule has 11 heavy (non-hydrogen) atoms. The number of pyridine rings is 1. The van der Waals surface area contributed by atoms with Crippen molar-refractivity contribution in [2.75, 3.05) is 0 Å². The Labute approximate surface area is 68.6 Å². The summed E-state index contributed by atoms with van der Waals surface area (Å²) in [6.07, 6.45) is 3.37. The van der Waals surface area contributed by atoms with Crippen molar-refractivity contribution >= 4 is 22.8 Å². The number of halogens is 1. The fourth-order valence-corrected chi connectivity index (χ4v) is 1.19. The van der Waals surface area contributed by atoms with E-state index in [0.29, 0.717) is 5.02 Å². The van der Waals surface area contributed by atoms with Gasteiger partial charge in [-0.1, -0.05) is 11.6 Å². The fourth-order valence-electron chi connectivity index (χ4n) is 0.997. The zero-order valence-electron chi connectivity index (χ0n) is 5.95. The van der Waals surface area contributed by atoms with Gasteiger partial charge in [0.2, 0.25) is 0 Å². The van der Waals surface area contributed by atoms with Gasteiger partial charge in [0.25, 0.3) is 0 Å². The monoisotopic (exact) mass is 167 g/mol. The van der Waals surface area contributed by atoms with Crippen LogP contribution in [0, 0.1) is 0 Å². The van der Waals surface area contributed by atoms with Crippen LogP contribution in [0.1, 0.15) is 0 Å². The minimum atomic E-state index is 0.649. The number of aryl methyl sites for hydroxylation is 1. The molecule has 0 amide bonds. The van der Waals surface area contributed by atoms with Crippen LogP contribution in [0.3, 0.4) is 0 Å². The highest BCUT2D eigenvalue weighted by atomic mass is 35.5. The lowest BCUT2D eigenvalue weighted by Crippen LogP contribution is -1.86. The molecular formula is C7H6ClN3. The first-order valence-electron chi connectivity index (χ1n) is 3.20. The third-order valence-electron chi connectivity index (χ3n) is 1.55. The summed E-state index contributed by atoms with van der Waals surface area (Å²) in [5.74, 6) is 0. The molecule has 0 radical (unpaired) electrons. The van der Waals surface area contributed by atoms with E-state index in [1.54, 1.807) is 18.6 Å². The molecule has 0 saturated carbocycles. The van der Waals surface area contributed by atoms with E-state index in [0.717, 1.165) is 11.2 Å². The van der Waals surface area contributed by atoms with Crippen molar-refractivity contribution < 1.29 is 0 Å². The first-order valence-corrected chi connectivity index (χ1v) is 3.58. The second-order valence-corrected chi connectivity index (χ2v) is 2.73. The SMILES string of the molecule is Cn1cnc2c(Cl)ccnc21. The van der Waals surface area contributed by atoms with E-state index in [4.69, 9.17) is 11.6 Å². The Kier molecular flexibility index (Phi) is 1.32. The van der Waals surface area contributed by atoms with Crippen molar-refractivity contribution in [3.05, 3.63) is 23.6 Å². The fraction of sp³-hybridized carbons (Fsp3) is 0.143. The number of rotatable bonds is 0. The molecule has 0 fully saturated rings. The molecule has 0 aliphatic rings. The third-order valence-corrected chi connectivity index (χ3v) is 1.85. The molecule has 0 aromatic carbocycles. The Bertz CT molecular complexity index is 393. The van der Waals surface area contributed by atoms with Gasteiger partial charge in [0.1, 0.15) is 5.52 Å². The lowest BCUT2D eigenvalue weighted by atomic mass is 10.4. The van der Waals surface area contributed by atoms with Gasteiger partial charge in [-0.3, -0.25) is 0 Å². The van der Waals surface area contributed by atoms with Crippen LogP contribution in [0.5, 0.6) is 0 Å². The number of hydrogen-bond acceptors (Lipinski definition) is 2. The second kappa shape index (κ2) is 2.20. The van der Waals surface area contributed by atoms with E-state index in [-0.39, 0.29) is 0 Å². The molecule has 3 nitrogen and oxygen atoms in total. The molecular weight excluding hydrogens is 162 g/mol. The van der Waals surface area contributed by atoms with E-state index in [9.17, 15) is 0 Å². The van der Waals surface area contributed by atoms with Gasteiger partial charge >= 0.3 is 0 Å². The van der Waals surface area contributed by atoms with Gasteiger partial charge in [-0.2, -0.15) is 0 Å². The summed E-state index contributed by atoms with van der Waals surface area (Å²) in [6.45, 7) is 0. The van der Waals surface area contributed by atoms with Crippen molar-refractivity contribution in [1.29, 1.82) is 0 Å². The van der Waals surface area contributed by atoms with Gasteiger partial charge < -0.3 is 4.57 Å². The largest absolute Gasteiger partial charge is 0.318 e. The lowest BCUT2D eigenvalue weighted by molar-refractivity contribution is 0.931. The Morgan fingerprint density at radius 3 is 3.00 bits per heavy atom. The van der Waals surface area contributed by atoms with Crippen LogP contribution in [0.25, 0.3) is 11.2 Å². The normalized spacial score (nSPS) is 10.7. The van der Waals surface area contributed by atoms with Crippen molar-refractivity contribution in [2.45, 2.75) is 0 Å². The first kappa shape index (κ1) is 6.61. The highest BCUT2D eigenvalue weighted by Crippen LogP contribution is 2.18. The molecule has 0 aliphatic carbocycles. The summed E-state index contributed by atoms with van der Waals surface area (Å²) in [6, 6.07) is 1.73. The number of imidazole rings is 1. The molecule has 2 aromatic rings. The minimum Gasteiger partial charge on any atom is -0.318 e. The summed E-state index contributed by atoms with van der Waals surface area (Å²) < 4.78 is 1.83. The lowest BCUT2D eigenvalue weighted by Gasteiger charge is -1.92. The van der Waals surface area contributed by atoms with E-state index in [2.05, 4.69) is 9.97 Å². The van der Waals surface area contributed by atoms with Crippen LogP contribution >= 0.6 is 11.6 Å². The summed E-state index contributed by atoms with van der Waals surface area (Å²) in [7, 11) is 1.89. The van der Waals surface area contributed by atoms with Crippen LogP contribution < -0.4 is 0 Å². The summed E-state index contributed by atoms with van der Waals surface area (Å²) in [5, 5.41) is 0.649. The number of fused-ring (bicyclic) bond motifs is 1. The molecule has 2 rings (SSSR count). The highest BCUT2D eigenvalue weighted by Gasteiger charge is 2.02. The average Bonchev–Trinajstić information content (AvgIpc) is 2.35. The van der Waals surface area contributed by atoms with E-state index in [1.807, 2.05) is 11.6 Å². The summed E-state index contributed by atoms with van der Waals surface area (Å²) in [4.78, 5) is 8.20. The summed E-state index contributed by atoms with van der Waals surface area (Å²) in [5.41, 5.74) is 1.58. The van der Waals surface area contributed by atoms with Crippen LogP contribution in [0.2, 0.25) is 5.02 Å². The van der Waals surface area contributed by atoms with Crippen LogP contribution in [0.4, 0.5) is 0 Å². The molecule has 0 N–H and O–H groups in total. The van der Waals surface area contributed by atoms with Gasteiger partial charge in [0.05, 0.1) is 11.3 Å². The smallest absolute Gasteiger partial charge is 0.161 e. The molecule has 0 saturated heterocycles. The van der Waals surface area contributed by atoms with Gasteiger partial charge in [-0.15, -0.1) is 0 Å². The number of hydrogen-bond donors (Lipinski definition) is 0. The van der Waals surface area contributed by atoms with E-state index >= 15 is 0 Å². The molecule has 0 aliphatic heterocycles. The Morgan fingerprint density at radius 2 is 2.27 bits per heavy atom. The molecule has 0 bridgehead atoms. The molecule has 2 heterocycles. The molecule has 0 atom stereocenters. The van der Waals surface area contributed by atoms with Crippen LogP contribution in [0.15, 0.2) is 18.6 Å². The van der Waals surface area contributed by atoms with Crippen LogP contribution in [-0.4, -0.2) is 14.5 Å². The highest BCUT2D eigenvalue weighted by molar-refractivity contribution is 6.34. The zero-order valence-corrected chi connectivity index (χ0v) is 6.71. The van der Waals surface area contributed by atoms with Crippen molar-refractivity contribution in [3.8, 4) is 0 Å². The Balaban J connectivity index is 2.94. The maximum absolute atomic E-state index is 5.85.